The minimum atomic E-state index is -2.85. The molecule has 0 fully saturated rings. The summed E-state index contributed by atoms with van der Waals surface area (Å²) in [5.41, 5.74) is 0. The van der Waals surface area contributed by atoms with Crippen LogP contribution in [-0.2, 0) is 0 Å². The highest BCUT2D eigenvalue weighted by Crippen LogP contribution is 2.31. The maximum absolute atomic E-state index is 11.0. The highest BCUT2D eigenvalue weighted by atomic mass is 31.2. The average molecular weight is 113 g/mol. The number of halogens is 2. The third kappa shape index (κ3) is 4.25. The monoisotopic (exact) mass is 113 g/mol. The van der Waals surface area contributed by atoms with Gasteiger partial charge in [-0.15, -0.1) is 0 Å². The van der Waals surface area contributed by atoms with Crippen molar-refractivity contribution in [2.75, 3.05) is 6.54 Å². The van der Waals surface area contributed by atoms with Gasteiger partial charge in [-0.05, 0) is 0 Å². The molecule has 1 N–H and O–H groups in total. The Hall–Kier alpha value is 0.250. The van der Waals surface area contributed by atoms with E-state index < -0.39 is 8.69 Å². The summed E-state index contributed by atoms with van der Waals surface area (Å²) in [6.45, 7) is 2.01. The molecule has 0 aromatic rings. The van der Waals surface area contributed by atoms with E-state index in [1.807, 2.05) is 5.09 Å². The molecule has 4 heteroatoms. The van der Waals surface area contributed by atoms with E-state index in [1.165, 1.54) is 0 Å². The number of hydrogen-bond donors (Lipinski definition) is 1. The zero-order valence-electron chi connectivity index (χ0n) is 3.41. The van der Waals surface area contributed by atoms with Gasteiger partial charge in [0.25, 0.3) is 0 Å². The molecular formula is C2H6F2NP. The van der Waals surface area contributed by atoms with E-state index in [2.05, 4.69) is 0 Å². The molecule has 38 valence electrons. The zero-order valence-corrected chi connectivity index (χ0v) is 4.30. The lowest BCUT2D eigenvalue weighted by molar-refractivity contribution is 0.706. The first-order chi connectivity index (χ1) is 2.77. The van der Waals surface area contributed by atoms with Gasteiger partial charge in [-0.25, -0.2) is 5.09 Å². The Balaban J connectivity index is 2.63. The van der Waals surface area contributed by atoms with Gasteiger partial charge in [0.1, 0.15) is 0 Å². The number of rotatable bonds is 2. The summed E-state index contributed by atoms with van der Waals surface area (Å²) in [5.74, 6) is 0. The van der Waals surface area contributed by atoms with Gasteiger partial charge in [0.15, 0.2) is 0 Å². The van der Waals surface area contributed by atoms with E-state index in [0.717, 1.165) is 0 Å². The third-order valence-corrected chi connectivity index (χ3v) is 0.833. The van der Waals surface area contributed by atoms with E-state index in [-0.39, 0.29) is 0 Å². The summed E-state index contributed by atoms with van der Waals surface area (Å²) in [6.07, 6.45) is 0. The zero-order chi connectivity index (χ0) is 4.99. The van der Waals surface area contributed by atoms with E-state index in [4.69, 9.17) is 0 Å². The summed E-state index contributed by atoms with van der Waals surface area (Å²) in [6, 6.07) is 0. The van der Waals surface area contributed by atoms with Crippen molar-refractivity contribution in [3.63, 3.8) is 0 Å². The first-order valence-corrected chi connectivity index (χ1v) is 2.75. The summed E-state index contributed by atoms with van der Waals surface area (Å²) < 4.78 is 22.0. The van der Waals surface area contributed by atoms with Gasteiger partial charge in [-0.2, -0.15) is 8.39 Å². The fourth-order valence-electron chi connectivity index (χ4n) is 0.120. The molecule has 0 saturated heterocycles. The van der Waals surface area contributed by atoms with Gasteiger partial charge in [0, 0.05) is 6.54 Å². The van der Waals surface area contributed by atoms with Crippen molar-refractivity contribution in [2.24, 2.45) is 0 Å². The third-order valence-electron chi connectivity index (χ3n) is 0.278. The highest BCUT2D eigenvalue weighted by molar-refractivity contribution is 7.43. The standard InChI is InChI=1S/C2H6F2NP/c1-2-5-6(3)4/h5H,2H2,1H3. The normalized spacial score (nSPS) is 10.0. The molecule has 0 aromatic carbocycles. The molecule has 0 saturated carbocycles. The predicted molar refractivity (Wildman–Crippen MR) is 22.8 cm³/mol. The minimum Gasteiger partial charge on any atom is -0.243 e. The van der Waals surface area contributed by atoms with Crippen molar-refractivity contribution in [2.45, 2.75) is 6.92 Å². The lowest BCUT2D eigenvalue weighted by Gasteiger charge is -1.90. The van der Waals surface area contributed by atoms with E-state index in [0.29, 0.717) is 6.54 Å². The molecule has 0 atom stereocenters. The van der Waals surface area contributed by atoms with Crippen LogP contribution in [-0.4, -0.2) is 6.54 Å². The van der Waals surface area contributed by atoms with Crippen molar-refractivity contribution >= 4 is 8.69 Å². The van der Waals surface area contributed by atoms with Gasteiger partial charge in [-0.3, -0.25) is 0 Å². The second-order valence-corrected chi connectivity index (χ2v) is 1.53. The Morgan fingerprint density at radius 3 is 2.17 bits per heavy atom. The molecule has 1 nitrogen and oxygen atoms in total. The van der Waals surface area contributed by atoms with Crippen molar-refractivity contribution in [3.8, 4) is 0 Å². The molecule has 0 amide bonds. The molecule has 0 bridgehead atoms. The van der Waals surface area contributed by atoms with Crippen molar-refractivity contribution in [1.82, 2.24) is 5.09 Å². The minimum absolute atomic E-state index is 0.360. The van der Waals surface area contributed by atoms with Crippen LogP contribution >= 0.6 is 8.69 Å². The van der Waals surface area contributed by atoms with Crippen molar-refractivity contribution < 1.29 is 8.39 Å². The Morgan fingerprint density at radius 1 is 1.67 bits per heavy atom. The smallest absolute Gasteiger partial charge is 0.243 e. The fraction of sp³-hybridized carbons (Fsp3) is 1.00. The topological polar surface area (TPSA) is 12.0 Å². The van der Waals surface area contributed by atoms with Gasteiger partial charge in [0.05, 0.1) is 0 Å². The molecule has 0 heterocycles. The van der Waals surface area contributed by atoms with Crippen molar-refractivity contribution in [1.29, 1.82) is 0 Å². The fourth-order valence-corrected chi connectivity index (χ4v) is 0.359. The summed E-state index contributed by atoms with van der Waals surface area (Å²) in [7, 11) is -2.85. The summed E-state index contributed by atoms with van der Waals surface area (Å²) >= 11 is 0. The van der Waals surface area contributed by atoms with Crippen LogP contribution in [0.4, 0.5) is 8.39 Å². The van der Waals surface area contributed by atoms with E-state index in [9.17, 15) is 8.39 Å². The molecule has 0 spiro atoms. The molecule has 0 radical (unpaired) electrons. The Bertz CT molecular complexity index is 32.7. The molecule has 0 rings (SSSR count). The summed E-state index contributed by atoms with van der Waals surface area (Å²) in [4.78, 5) is 0. The van der Waals surface area contributed by atoms with Gasteiger partial charge in [-0.1, -0.05) is 6.92 Å². The Kier molecular flexibility index (Phi) is 3.58. The molecule has 0 aliphatic rings. The second kappa shape index (κ2) is 3.44. The molecule has 0 unspecified atom stereocenters. The van der Waals surface area contributed by atoms with Crippen LogP contribution in [0.25, 0.3) is 0 Å². The quantitative estimate of drug-likeness (QED) is 0.538. The lowest BCUT2D eigenvalue weighted by Crippen LogP contribution is -1.98. The maximum atomic E-state index is 11.0. The van der Waals surface area contributed by atoms with Crippen LogP contribution in [0.5, 0.6) is 0 Å². The van der Waals surface area contributed by atoms with Crippen LogP contribution in [0, 0.1) is 0 Å². The van der Waals surface area contributed by atoms with Crippen molar-refractivity contribution in [3.05, 3.63) is 0 Å². The molecule has 0 aliphatic carbocycles. The Labute approximate surface area is 36.8 Å². The molecule has 0 aromatic heterocycles. The highest BCUT2D eigenvalue weighted by Gasteiger charge is 1.95. The van der Waals surface area contributed by atoms with Gasteiger partial charge < -0.3 is 0 Å². The predicted octanol–water partition coefficient (Wildman–Crippen LogP) is 1.76. The maximum Gasteiger partial charge on any atom is 0.342 e. The SMILES string of the molecule is CCNP(F)F. The molecule has 0 aliphatic heterocycles. The largest absolute Gasteiger partial charge is 0.342 e. The van der Waals surface area contributed by atoms with E-state index >= 15 is 0 Å². The van der Waals surface area contributed by atoms with E-state index in [1.54, 1.807) is 6.92 Å². The summed E-state index contributed by atoms with van der Waals surface area (Å²) in [5, 5.41) is 1.94. The van der Waals surface area contributed by atoms with Crippen LogP contribution in [0.15, 0.2) is 0 Å². The van der Waals surface area contributed by atoms with Crippen LogP contribution in [0.2, 0.25) is 0 Å². The average Bonchev–Trinajstić information content (AvgIpc) is 1.35. The first kappa shape index (κ1) is 6.25. The van der Waals surface area contributed by atoms with Gasteiger partial charge in [0.2, 0.25) is 0 Å². The van der Waals surface area contributed by atoms with Gasteiger partial charge >= 0.3 is 8.69 Å². The van der Waals surface area contributed by atoms with Crippen LogP contribution in [0.1, 0.15) is 6.92 Å². The number of hydrogen-bond acceptors (Lipinski definition) is 1. The number of nitrogens with one attached hydrogen (secondary N) is 1. The van der Waals surface area contributed by atoms with Crippen LogP contribution in [0.3, 0.4) is 0 Å². The first-order valence-electron chi connectivity index (χ1n) is 1.62. The Morgan fingerprint density at radius 2 is 2.17 bits per heavy atom. The van der Waals surface area contributed by atoms with Crippen LogP contribution < -0.4 is 5.09 Å². The molecular weight excluding hydrogens is 107 g/mol. The second-order valence-electron chi connectivity index (χ2n) is 0.745. The molecule has 6 heavy (non-hydrogen) atoms. The lowest BCUT2D eigenvalue weighted by atomic mass is 10.8.